The summed E-state index contributed by atoms with van der Waals surface area (Å²) in [5.41, 5.74) is 0.255. The monoisotopic (exact) mass is 622 g/mol. The number of likely N-dealkylation sites (tertiary alicyclic amines) is 1. The predicted molar refractivity (Wildman–Crippen MR) is 169 cm³/mol. The zero-order valence-corrected chi connectivity index (χ0v) is 26.8. The Labute approximate surface area is 265 Å². The molecule has 0 radical (unpaired) electrons. The number of hydrogen-bond donors (Lipinski definition) is 2. The predicted octanol–water partition coefficient (Wildman–Crippen LogP) is 2.43. The van der Waals surface area contributed by atoms with E-state index in [1.54, 1.807) is 24.0 Å². The zero-order chi connectivity index (χ0) is 32.5. The highest BCUT2D eigenvalue weighted by atomic mass is 16.6. The van der Waals surface area contributed by atoms with E-state index in [1.807, 2.05) is 50.3 Å². The van der Waals surface area contributed by atoms with Crippen molar-refractivity contribution in [2.45, 2.75) is 77.4 Å². The lowest BCUT2D eigenvalue weighted by Gasteiger charge is -2.40. The van der Waals surface area contributed by atoms with Crippen molar-refractivity contribution in [2.75, 3.05) is 42.6 Å². The Balaban J connectivity index is 1.62. The number of carbonyl (C=O) groups excluding carboxylic acids is 4. The summed E-state index contributed by atoms with van der Waals surface area (Å²) in [6, 6.07) is 5.92. The second kappa shape index (κ2) is 13.3. The Morgan fingerprint density at radius 2 is 1.78 bits per heavy atom. The van der Waals surface area contributed by atoms with Crippen molar-refractivity contribution in [1.82, 2.24) is 10.2 Å². The number of nitrogens with one attached hydrogen (secondary N) is 1. The van der Waals surface area contributed by atoms with Gasteiger partial charge in [-0.25, -0.2) is 0 Å². The van der Waals surface area contributed by atoms with Gasteiger partial charge in [-0.2, -0.15) is 0 Å². The summed E-state index contributed by atoms with van der Waals surface area (Å²) in [7, 11) is 0. The number of rotatable bonds is 7. The Morgan fingerprint density at radius 3 is 2.42 bits per heavy atom. The van der Waals surface area contributed by atoms with E-state index < -0.39 is 53.6 Å². The SMILES string of the molecule is CCN(CC)c1ccc(N2C/C=C\CCC(=O)NC[C@H](C)OC(=O)[C@@H]3[C@H]4C(=O)N([C@@H](CO)C(C)C)[C@H](C2=O)[C@]42C=C[C@H]3O2)cc1. The Bertz CT molecular complexity index is 1340. The van der Waals surface area contributed by atoms with Gasteiger partial charge in [-0.05, 0) is 57.4 Å². The maximum atomic E-state index is 14.9. The molecule has 244 valence electrons. The summed E-state index contributed by atoms with van der Waals surface area (Å²) >= 11 is 0. The largest absolute Gasteiger partial charge is 0.460 e. The van der Waals surface area contributed by atoms with Gasteiger partial charge >= 0.3 is 5.97 Å². The van der Waals surface area contributed by atoms with Gasteiger partial charge in [0.25, 0.3) is 5.91 Å². The van der Waals surface area contributed by atoms with Gasteiger partial charge < -0.3 is 34.6 Å². The van der Waals surface area contributed by atoms with Crippen LogP contribution in [0.3, 0.4) is 0 Å². The molecule has 45 heavy (non-hydrogen) atoms. The van der Waals surface area contributed by atoms with E-state index in [-0.39, 0.29) is 43.8 Å². The summed E-state index contributed by atoms with van der Waals surface area (Å²) in [4.78, 5) is 60.7. The Kier molecular flexibility index (Phi) is 9.69. The Hall–Kier alpha value is -3.70. The summed E-state index contributed by atoms with van der Waals surface area (Å²) < 4.78 is 12.2. The van der Waals surface area contributed by atoms with E-state index in [0.717, 1.165) is 18.8 Å². The van der Waals surface area contributed by atoms with Gasteiger partial charge in [-0.1, -0.05) is 38.2 Å². The van der Waals surface area contributed by atoms with Crippen LogP contribution in [0.15, 0.2) is 48.6 Å². The number of allylic oxidation sites excluding steroid dienone is 1. The number of benzene rings is 1. The number of esters is 1. The molecule has 0 aromatic heterocycles. The third-order valence-electron chi connectivity index (χ3n) is 9.58. The molecule has 4 aliphatic heterocycles. The average Bonchev–Trinajstić information content (AvgIpc) is 3.66. The molecule has 1 spiro atoms. The molecular weight excluding hydrogens is 576 g/mol. The standard InChI is InChI=1S/C34H46N4O7/c1-6-36(7-2)23-12-14-24(15-13-23)37-18-10-8-9-11-27(40)35-19-22(5)44-33(43)28-26-16-17-34(45-26)29(28)31(41)38(30(34)32(37)42)25(20-39)21(3)4/h8,10,12-17,21-22,25-26,28-30,39H,6-7,9,11,18-20H2,1-5H3,(H,35,40)/b10-8-/t22-,25-,26+,28-,29-,30+,34-/m0/s1. The minimum Gasteiger partial charge on any atom is -0.460 e. The molecule has 4 aliphatic rings. The third kappa shape index (κ3) is 5.88. The van der Waals surface area contributed by atoms with Gasteiger partial charge in [0.2, 0.25) is 11.8 Å². The highest BCUT2D eigenvalue weighted by Gasteiger charge is 2.74. The molecule has 0 saturated carbocycles. The van der Waals surface area contributed by atoms with Crippen LogP contribution in [0.25, 0.3) is 0 Å². The van der Waals surface area contributed by atoms with Crippen LogP contribution in [-0.2, 0) is 28.7 Å². The first-order valence-corrected chi connectivity index (χ1v) is 16.2. The van der Waals surface area contributed by atoms with Crippen molar-refractivity contribution in [3.63, 3.8) is 0 Å². The van der Waals surface area contributed by atoms with Crippen LogP contribution in [-0.4, -0.2) is 96.4 Å². The van der Waals surface area contributed by atoms with Crippen LogP contribution >= 0.6 is 0 Å². The van der Waals surface area contributed by atoms with Gasteiger partial charge in [-0.3, -0.25) is 19.2 Å². The number of anilines is 2. The fourth-order valence-electron chi connectivity index (χ4n) is 7.21. The number of amides is 3. The molecule has 2 N–H and O–H groups in total. The first-order chi connectivity index (χ1) is 21.6. The van der Waals surface area contributed by atoms with Gasteiger partial charge in [0.05, 0.1) is 31.2 Å². The molecule has 5 rings (SSSR count). The summed E-state index contributed by atoms with van der Waals surface area (Å²) in [5.74, 6) is -3.72. The Morgan fingerprint density at radius 1 is 1.07 bits per heavy atom. The molecule has 1 aromatic rings. The van der Waals surface area contributed by atoms with E-state index in [2.05, 4.69) is 24.1 Å². The van der Waals surface area contributed by atoms with Crippen molar-refractivity contribution in [3.8, 4) is 0 Å². The topological polar surface area (TPSA) is 129 Å². The summed E-state index contributed by atoms with van der Waals surface area (Å²) in [6.45, 7) is 11.3. The van der Waals surface area contributed by atoms with Gasteiger partial charge in [0.1, 0.15) is 23.7 Å². The number of nitrogens with zero attached hydrogens (tertiary/aromatic N) is 3. The lowest BCUT2D eigenvalue weighted by molar-refractivity contribution is -0.159. The first kappa shape index (κ1) is 32.7. The molecule has 11 heteroatoms. The van der Waals surface area contributed by atoms with E-state index in [9.17, 15) is 24.3 Å². The van der Waals surface area contributed by atoms with E-state index in [1.165, 1.54) is 4.90 Å². The van der Waals surface area contributed by atoms with E-state index >= 15 is 0 Å². The van der Waals surface area contributed by atoms with Gasteiger partial charge in [-0.15, -0.1) is 0 Å². The lowest BCUT2D eigenvalue weighted by Crippen LogP contribution is -2.59. The number of ether oxygens (including phenoxy) is 2. The van der Waals surface area contributed by atoms with Gasteiger partial charge in [0.15, 0.2) is 0 Å². The molecule has 11 nitrogen and oxygen atoms in total. The maximum absolute atomic E-state index is 14.9. The minimum absolute atomic E-state index is 0.135. The second-order valence-electron chi connectivity index (χ2n) is 12.6. The fourth-order valence-corrected chi connectivity index (χ4v) is 7.21. The van der Waals surface area contributed by atoms with Gasteiger partial charge in [0, 0.05) is 37.4 Å². The van der Waals surface area contributed by atoms with E-state index in [0.29, 0.717) is 12.1 Å². The maximum Gasteiger partial charge on any atom is 0.313 e. The minimum atomic E-state index is -1.40. The molecule has 1 aromatic carbocycles. The quantitative estimate of drug-likeness (QED) is 0.351. The van der Waals surface area contributed by atoms with Crippen LogP contribution in [0.5, 0.6) is 0 Å². The number of aliphatic hydroxyl groups excluding tert-OH is 1. The van der Waals surface area contributed by atoms with Crippen LogP contribution < -0.4 is 15.1 Å². The number of carbonyl (C=O) groups is 4. The van der Waals surface area contributed by atoms with E-state index in [4.69, 9.17) is 9.47 Å². The molecule has 0 unspecified atom stereocenters. The number of fused-ring (bicyclic) bond motifs is 2. The zero-order valence-electron chi connectivity index (χ0n) is 26.8. The van der Waals surface area contributed by atoms with Crippen LogP contribution in [0, 0.1) is 17.8 Å². The molecule has 0 aliphatic carbocycles. The molecule has 2 fully saturated rings. The molecule has 3 amide bonds. The molecule has 5 bridgehead atoms. The first-order valence-electron chi connectivity index (χ1n) is 16.2. The van der Waals surface area contributed by atoms with Crippen LogP contribution in [0.1, 0.15) is 47.5 Å². The molecule has 2 saturated heterocycles. The number of hydrogen-bond acceptors (Lipinski definition) is 8. The van der Waals surface area contributed by atoms with Crippen molar-refractivity contribution in [3.05, 3.63) is 48.6 Å². The lowest BCUT2D eigenvalue weighted by atomic mass is 9.74. The third-order valence-corrected chi connectivity index (χ3v) is 9.58. The van der Waals surface area contributed by atoms with Crippen molar-refractivity contribution < 1.29 is 33.8 Å². The second-order valence-corrected chi connectivity index (χ2v) is 12.6. The summed E-state index contributed by atoms with van der Waals surface area (Å²) in [5, 5.41) is 13.3. The number of aliphatic hydroxyl groups is 1. The highest BCUT2D eigenvalue weighted by Crippen LogP contribution is 2.56. The van der Waals surface area contributed by atoms with Crippen LogP contribution in [0.2, 0.25) is 0 Å². The fraction of sp³-hybridized carbons (Fsp3) is 0.588. The normalized spacial score (nSPS) is 31.7. The van der Waals surface area contributed by atoms with Crippen molar-refractivity contribution in [2.24, 2.45) is 17.8 Å². The molecule has 4 heterocycles. The highest BCUT2D eigenvalue weighted by molar-refractivity contribution is 6.05. The van der Waals surface area contributed by atoms with Crippen molar-refractivity contribution in [1.29, 1.82) is 0 Å². The summed E-state index contributed by atoms with van der Waals surface area (Å²) in [6.07, 6.45) is 6.55. The van der Waals surface area contributed by atoms with Crippen LogP contribution in [0.4, 0.5) is 11.4 Å². The molecular formula is C34H46N4O7. The average molecular weight is 623 g/mol. The van der Waals surface area contributed by atoms with Crippen molar-refractivity contribution >= 4 is 35.1 Å². The molecule has 7 atom stereocenters. The number of cyclic esters (lactones) is 1. The smallest absolute Gasteiger partial charge is 0.313 e.